The van der Waals surface area contributed by atoms with Crippen molar-refractivity contribution >= 4 is 6.03 Å². The van der Waals surface area contributed by atoms with Crippen LogP contribution in [0.5, 0.6) is 0 Å². The van der Waals surface area contributed by atoms with Gasteiger partial charge < -0.3 is 15.7 Å². The summed E-state index contributed by atoms with van der Waals surface area (Å²) in [6.45, 7) is 2.29. The molecule has 0 saturated heterocycles. The van der Waals surface area contributed by atoms with Gasteiger partial charge in [-0.1, -0.05) is 25.1 Å². The van der Waals surface area contributed by atoms with Gasteiger partial charge in [-0.3, -0.25) is 4.68 Å². The highest BCUT2D eigenvalue weighted by atomic mass is 16.3. The van der Waals surface area contributed by atoms with E-state index in [-0.39, 0.29) is 18.7 Å². The number of amides is 2. The number of aliphatic hydroxyl groups is 1. The zero-order valence-electron chi connectivity index (χ0n) is 12.9. The lowest BCUT2D eigenvalue weighted by Gasteiger charge is -2.14. The number of urea groups is 1. The molecule has 2 amide bonds. The summed E-state index contributed by atoms with van der Waals surface area (Å²) in [7, 11) is 1.88. The van der Waals surface area contributed by atoms with Crippen molar-refractivity contribution in [2.75, 3.05) is 6.61 Å². The molecule has 0 bridgehead atoms. The molecular weight excluding hydrogens is 280 g/mol. The Hall–Kier alpha value is -2.34. The molecule has 0 saturated carbocycles. The number of hydrogen-bond acceptors (Lipinski definition) is 3. The Kier molecular flexibility index (Phi) is 5.55. The molecule has 1 heterocycles. The van der Waals surface area contributed by atoms with E-state index in [2.05, 4.69) is 15.7 Å². The molecule has 22 heavy (non-hydrogen) atoms. The molecule has 6 nitrogen and oxygen atoms in total. The monoisotopic (exact) mass is 302 g/mol. The summed E-state index contributed by atoms with van der Waals surface area (Å²) >= 11 is 0. The number of aromatic nitrogens is 2. The summed E-state index contributed by atoms with van der Waals surface area (Å²) in [6, 6.07) is 7.48. The Balaban J connectivity index is 1.95. The number of carbonyl (C=O) groups excluding carboxylic acids is 1. The van der Waals surface area contributed by atoms with Gasteiger partial charge in [0.05, 0.1) is 18.8 Å². The minimum absolute atomic E-state index is 0.0551. The summed E-state index contributed by atoms with van der Waals surface area (Å²) in [5.41, 5.74) is 3.11. The third-order valence-corrected chi connectivity index (χ3v) is 3.47. The van der Waals surface area contributed by atoms with Gasteiger partial charge in [-0.05, 0) is 23.6 Å². The molecule has 118 valence electrons. The highest BCUT2D eigenvalue weighted by molar-refractivity contribution is 5.74. The Labute approximate surface area is 130 Å². The molecule has 1 unspecified atom stereocenters. The van der Waals surface area contributed by atoms with Crippen molar-refractivity contribution in [3.63, 3.8) is 0 Å². The first-order valence-electron chi connectivity index (χ1n) is 7.35. The fourth-order valence-electron chi connectivity index (χ4n) is 2.13. The van der Waals surface area contributed by atoms with Crippen LogP contribution in [0.3, 0.4) is 0 Å². The molecule has 0 aliphatic heterocycles. The zero-order valence-corrected chi connectivity index (χ0v) is 12.9. The lowest BCUT2D eigenvalue weighted by Crippen LogP contribution is -2.43. The van der Waals surface area contributed by atoms with Gasteiger partial charge in [0.1, 0.15) is 0 Å². The first kappa shape index (κ1) is 16.0. The molecule has 0 fully saturated rings. The average Bonchev–Trinajstić information content (AvgIpc) is 2.97. The largest absolute Gasteiger partial charge is 0.394 e. The summed E-state index contributed by atoms with van der Waals surface area (Å²) in [6.07, 6.45) is 4.46. The highest BCUT2D eigenvalue weighted by Gasteiger charge is 2.08. The van der Waals surface area contributed by atoms with E-state index in [1.54, 1.807) is 4.68 Å². The van der Waals surface area contributed by atoms with Crippen LogP contribution in [0.15, 0.2) is 36.7 Å². The van der Waals surface area contributed by atoms with Gasteiger partial charge in [0, 0.05) is 25.4 Å². The Morgan fingerprint density at radius 2 is 2.23 bits per heavy atom. The van der Waals surface area contributed by atoms with Gasteiger partial charge in [0.25, 0.3) is 0 Å². The van der Waals surface area contributed by atoms with Crippen LogP contribution in [0.2, 0.25) is 0 Å². The van der Waals surface area contributed by atoms with Gasteiger partial charge in [-0.15, -0.1) is 0 Å². The number of aliphatic hydroxyl groups excluding tert-OH is 1. The number of rotatable bonds is 6. The minimum Gasteiger partial charge on any atom is -0.394 e. The van der Waals surface area contributed by atoms with Crippen LogP contribution in [-0.4, -0.2) is 33.6 Å². The van der Waals surface area contributed by atoms with Crippen molar-refractivity contribution < 1.29 is 9.90 Å². The minimum atomic E-state index is -0.271. The SMILES string of the molecule is CCC(CO)NC(=O)NCc1cccc(-c2cnn(C)c2)c1. The maximum absolute atomic E-state index is 11.8. The van der Waals surface area contributed by atoms with Crippen LogP contribution in [0, 0.1) is 0 Å². The fourth-order valence-corrected chi connectivity index (χ4v) is 2.13. The van der Waals surface area contributed by atoms with E-state index in [0.717, 1.165) is 16.7 Å². The second-order valence-electron chi connectivity index (χ2n) is 5.22. The Bertz CT molecular complexity index is 620. The average molecular weight is 302 g/mol. The molecule has 1 aromatic carbocycles. The van der Waals surface area contributed by atoms with E-state index >= 15 is 0 Å². The molecule has 0 aliphatic rings. The molecular formula is C16H22N4O2. The van der Waals surface area contributed by atoms with Gasteiger partial charge in [0.2, 0.25) is 0 Å². The highest BCUT2D eigenvalue weighted by Crippen LogP contribution is 2.19. The van der Waals surface area contributed by atoms with E-state index in [4.69, 9.17) is 5.11 Å². The van der Waals surface area contributed by atoms with Crippen molar-refractivity contribution in [1.82, 2.24) is 20.4 Å². The number of benzene rings is 1. The van der Waals surface area contributed by atoms with Crippen LogP contribution < -0.4 is 10.6 Å². The Morgan fingerprint density at radius 3 is 2.86 bits per heavy atom. The van der Waals surface area contributed by atoms with E-state index < -0.39 is 0 Å². The maximum Gasteiger partial charge on any atom is 0.315 e. The smallest absolute Gasteiger partial charge is 0.315 e. The number of carbonyl (C=O) groups is 1. The molecule has 2 aromatic rings. The van der Waals surface area contributed by atoms with Crippen molar-refractivity contribution in [2.24, 2.45) is 7.05 Å². The molecule has 0 radical (unpaired) electrons. The molecule has 3 N–H and O–H groups in total. The molecule has 0 aliphatic carbocycles. The molecule has 1 atom stereocenters. The lowest BCUT2D eigenvalue weighted by molar-refractivity contribution is 0.214. The van der Waals surface area contributed by atoms with Crippen molar-refractivity contribution in [1.29, 1.82) is 0 Å². The van der Waals surface area contributed by atoms with Crippen LogP contribution in [0.4, 0.5) is 4.79 Å². The maximum atomic E-state index is 11.8. The van der Waals surface area contributed by atoms with Crippen LogP contribution in [0.1, 0.15) is 18.9 Å². The quantitative estimate of drug-likeness (QED) is 0.759. The first-order chi connectivity index (χ1) is 10.6. The van der Waals surface area contributed by atoms with E-state index in [1.807, 2.05) is 50.6 Å². The third kappa shape index (κ3) is 4.33. The second-order valence-corrected chi connectivity index (χ2v) is 5.22. The second kappa shape index (κ2) is 7.61. The van der Waals surface area contributed by atoms with Crippen molar-refractivity contribution in [3.8, 4) is 11.1 Å². The van der Waals surface area contributed by atoms with E-state index in [1.165, 1.54) is 0 Å². The summed E-state index contributed by atoms with van der Waals surface area (Å²) in [5, 5.41) is 18.8. The summed E-state index contributed by atoms with van der Waals surface area (Å²) < 4.78 is 1.76. The molecule has 0 spiro atoms. The standard InChI is InChI=1S/C16H22N4O2/c1-3-15(11-21)19-16(22)17-8-12-5-4-6-13(7-12)14-9-18-20(2)10-14/h4-7,9-10,15,21H,3,8,11H2,1-2H3,(H2,17,19,22). The first-order valence-corrected chi connectivity index (χ1v) is 7.35. The van der Waals surface area contributed by atoms with Crippen LogP contribution >= 0.6 is 0 Å². The van der Waals surface area contributed by atoms with Gasteiger partial charge in [-0.2, -0.15) is 5.10 Å². The van der Waals surface area contributed by atoms with Gasteiger partial charge in [-0.25, -0.2) is 4.79 Å². The van der Waals surface area contributed by atoms with Crippen LogP contribution in [-0.2, 0) is 13.6 Å². The van der Waals surface area contributed by atoms with Gasteiger partial charge in [0.15, 0.2) is 0 Å². The fraction of sp³-hybridized carbons (Fsp3) is 0.375. The lowest BCUT2D eigenvalue weighted by atomic mass is 10.1. The third-order valence-electron chi connectivity index (χ3n) is 3.47. The van der Waals surface area contributed by atoms with Crippen molar-refractivity contribution in [3.05, 3.63) is 42.2 Å². The zero-order chi connectivity index (χ0) is 15.9. The van der Waals surface area contributed by atoms with E-state index in [0.29, 0.717) is 13.0 Å². The summed E-state index contributed by atoms with van der Waals surface area (Å²) in [5.74, 6) is 0. The number of nitrogens with one attached hydrogen (secondary N) is 2. The summed E-state index contributed by atoms with van der Waals surface area (Å²) in [4.78, 5) is 11.8. The van der Waals surface area contributed by atoms with Gasteiger partial charge >= 0.3 is 6.03 Å². The predicted octanol–water partition coefficient (Wildman–Crippen LogP) is 1.66. The van der Waals surface area contributed by atoms with E-state index in [9.17, 15) is 4.79 Å². The number of nitrogens with zero attached hydrogens (tertiary/aromatic N) is 2. The van der Waals surface area contributed by atoms with Crippen LogP contribution in [0.25, 0.3) is 11.1 Å². The number of hydrogen-bond donors (Lipinski definition) is 3. The predicted molar refractivity (Wildman–Crippen MR) is 85.2 cm³/mol. The Morgan fingerprint density at radius 1 is 1.41 bits per heavy atom. The normalized spacial score (nSPS) is 12.0. The molecule has 6 heteroatoms. The molecule has 2 rings (SSSR count). The number of aryl methyl sites for hydroxylation is 1. The van der Waals surface area contributed by atoms with Crippen molar-refractivity contribution in [2.45, 2.75) is 25.9 Å². The molecule has 1 aromatic heterocycles. The topological polar surface area (TPSA) is 79.2 Å².